The zero-order valence-corrected chi connectivity index (χ0v) is 12.2. The van der Waals surface area contributed by atoms with Crippen LogP contribution < -0.4 is 0 Å². The van der Waals surface area contributed by atoms with Crippen molar-refractivity contribution in [1.82, 2.24) is 0 Å². The molecule has 0 aliphatic rings. The molecular formula is C8H15Br3. The van der Waals surface area contributed by atoms with Gasteiger partial charge in [-0.05, 0) is 20.3 Å². The maximum atomic E-state index is 3.66. The predicted molar refractivity (Wildman–Crippen MR) is 63.3 cm³/mol. The van der Waals surface area contributed by atoms with Gasteiger partial charge in [-0.1, -0.05) is 61.6 Å². The summed E-state index contributed by atoms with van der Waals surface area (Å²) in [5, 5.41) is 0. The van der Waals surface area contributed by atoms with Crippen molar-refractivity contribution in [2.24, 2.45) is 0 Å². The first-order valence-electron chi connectivity index (χ1n) is 3.65. The van der Waals surface area contributed by atoms with Gasteiger partial charge < -0.3 is 0 Å². The van der Waals surface area contributed by atoms with Gasteiger partial charge in [0.05, 0.1) is 0 Å². The van der Waals surface area contributed by atoms with Gasteiger partial charge in [0.25, 0.3) is 0 Å². The molecule has 0 fully saturated rings. The highest BCUT2D eigenvalue weighted by atomic mass is 79.9. The zero-order chi connectivity index (χ0) is 9.28. The number of rotatable bonds is 3. The molecule has 0 bridgehead atoms. The fourth-order valence-corrected chi connectivity index (χ4v) is 2.40. The van der Waals surface area contributed by atoms with Gasteiger partial charge in [-0.2, -0.15) is 0 Å². The molecule has 0 saturated heterocycles. The van der Waals surface area contributed by atoms with E-state index in [1.165, 1.54) is 0 Å². The largest absolute Gasteiger partial charge is 0.0875 e. The smallest absolute Gasteiger partial charge is 0.0327 e. The first-order valence-corrected chi connectivity index (χ1v) is 6.15. The minimum Gasteiger partial charge on any atom is -0.0875 e. The van der Waals surface area contributed by atoms with Crippen LogP contribution in [-0.4, -0.2) is 13.5 Å². The Morgan fingerprint density at radius 3 is 1.55 bits per heavy atom. The molecule has 0 aromatic rings. The topological polar surface area (TPSA) is 0 Å². The average Bonchev–Trinajstić information content (AvgIpc) is 1.56. The van der Waals surface area contributed by atoms with Gasteiger partial charge >= 0.3 is 0 Å². The lowest BCUT2D eigenvalue weighted by Crippen LogP contribution is -2.29. The molecule has 11 heavy (non-hydrogen) atoms. The number of alkyl halides is 3. The van der Waals surface area contributed by atoms with Crippen LogP contribution in [0, 0.1) is 0 Å². The van der Waals surface area contributed by atoms with Crippen LogP contribution in [0.4, 0.5) is 0 Å². The first kappa shape index (κ1) is 12.4. The van der Waals surface area contributed by atoms with Crippen molar-refractivity contribution in [3.63, 3.8) is 0 Å². The van der Waals surface area contributed by atoms with Gasteiger partial charge in [0, 0.05) is 13.5 Å². The molecule has 0 aliphatic carbocycles. The lowest BCUT2D eigenvalue weighted by atomic mass is 10.0. The lowest BCUT2D eigenvalue weighted by molar-refractivity contribution is 0.568. The number of hydrogen-bond acceptors (Lipinski definition) is 0. The summed E-state index contributed by atoms with van der Waals surface area (Å²) in [5.41, 5.74) is 0. The predicted octanol–water partition coefficient (Wildman–Crippen LogP) is 4.49. The van der Waals surface area contributed by atoms with Crippen LogP contribution in [0.25, 0.3) is 0 Å². The maximum absolute atomic E-state index is 3.66. The van der Waals surface area contributed by atoms with Gasteiger partial charge in [-0.25, -0.2) is 0 Å². The quantitative estimate of drug-likeness (QED) is 0.658. The molecule has 3 heteroatoms. The fourth-order valence-electron chi connectivity index (χ4n) is 0.669. The van der Waals surface area contributed by atoms with Crippen molar-refractivity contribution < 1.29 is 0 Å². The molecule has 0 radical (unpaired) electrons. The van der Waals surface area contributed by atoms with E-state index in [2.05, 4.69) is 75.5 Å². The molecule has 1 atom stereocenters. The summed E-state index contributed by atoms with van der Waals surface area (Å²) in [6.07, 6.45) is 1.10. The monoisotopic (exact) mass is 348 g/mol. The van der Waals surface area contributed by atoms with Crippen molar-refractivity contribution in [2.45, 2.75) is 47.6 Å². The molecule has 0 amide bonds. The Morgan fingerprint density at radius 1 is 1.09 bits per heavy atom. The third-order valence-corrected chi connectivity index (χ3v) is 4.37. The van der Waals surface area contributed by atoms with Crippen LogP contribution in [0.5, 0.6) is 0 Å². The third-order valence-electron chi connectivity index (χ3n) is 1.41. The molecule has 0 aromatic heterocycles. The maximum Gasteiger partial charge on any atom is 0.0327 e. The second-order valence-electron chi connectivity index (χ2n) is 3.95. The summed E-state index contributed by atoms with van der Waals surface area (Å²) < 4.78 is 0.379. The molecule has 0 aliphatic heterocycles. The minimum absolute atomic E-state index is 0.165. The SMILES string of the molecule is CC(C)(Br)CC(Br)C(C)(C)Br. The number of halogens is 3. The van der Waals surface area contributed by atoms with Crippen molar-refractivity contribution in [1.29, 1.82) is 0 Å². The average molecular weight is 351 g/mol. The molecule has 1 unspecified atom stereocenters. The first-order chi connectivity index (χ1) is 4.63. The highest BCUT2D eigenvalue weighted by molar-refractivity contribution is 9.12. The third kappa shape index (κ3) is 6.59. The Kier molecular flexibility index (Phi) is 4.64. The van der Waals surface area contributed by atoms with E-state index < -0.39 is 0 Å². The van der Waals surface area contributed by atoms with Crippen LogP contribution in [-0.2, 0) is 0 Å². The second-order valence-corrected chi connectivity index (χ2v) is 9.25. The molecular weight excluding hydrogens is 336 g/mol. The van der Waals surface area contributed by atoms with E-state index in [9.17, 15) is 0 Å². The molecule has 0 N–H and O–H groups in total. The highest BCUT2D eigenvalue weighted by Crippen LogP contribution is 2.35. The molecule has 0 saturated carbocycles. The van der Waals surface area contributed by atoms with Gasteiger partial charge in [-0.3, -0.25) is 0 Å². The zero-order valence-electron chi connectivity index (χ0n) is 7.42. The summed E-state index contributed by atoms with van der Waals surface area (Å²) in [7, 11) is 0. The molecule has 0 rings (SSSR count). The van der Waals surface area contributed by atoms with Gasteiger partial charge in [0.15, 0.2) is 0 Å². The number of hydrogen-bond donors (Lipinski definition) is 0. The lowest BCUT2D eigenvalue weighted by Gasteiger charge is -2.28. The second kappa shape index (κ2) is 4.10. The molecule has 0 nitrogen and oxygen atoms in total. The Morgan fingerprint density at radius 2 is 1.45 bits per heavy atom. The van der Waals surface area contributed by atoms with Gasteiger partial charge in [0.2, 0.25) is 0 Å². The van der Waals surface area contributed by atoms with E-state index in [4.69, 9.17) is 0 Å². The van der Waals surface area contributed by atoms with Gasteiger partial charge in [0.1, 0.15) is 0 Å². The Balaban J connectivity index is 3.99. The molecule has 68 valence electrons. The van der Waals surface area contributed by atoms with E-state index in [0.29, 0.717) is 4.83 Å². The summed E-state index contributed by atoms with van der Waals surface area (Å²) in [6.45, 7) is 8.70. The molecule has 0 aromatic carbocycles. The highest BCUT2D eigenvalue weighted by Gasteiger charge is 2.28. The standard InChI is InChI=1S/C8H15Br3/c1-7(2,10)5-6(9)8(3,4)11/h6H,5H2,1-4H3. The summed E-state index contributed by atoms with van der Waals surface area (Å²) in [5.74, 6) is 0. The summed E-state index contributed by atoms with van der Waals surface area (Å²) in [6, 6.07) is 0. The van der Waals surface area contributed by atoms with Crippen LogP contribution in [0.1, 0.15) is 34.1 Å². The van der Waals surface area contributed by atoms with Crippen molar-refractivity contribution in [3.8, 4) is 0 Å². The summed E-state index contributed by atoms with van der Waals surface area (Å²) >= 11 is 10.9. The molecule has 0 heterocycles. The van der Waals surface area contributed by atoms with E-state index >= 15 is 0 Å². The molecule has 0 spiro atoms. The Labute approximate surface area is 94.9 Å². The van der Waals surface area contributed by atoms with E-state index in [-0.39, 0.29) is 8.65 Å². The van der Waals surface area contributed by atoms with E-state index in [1.807, 2.05) is 0 Å². The normalized spacial score (nSPS) is 16.6. The Bertz CT molecular complexity index is 118. The minimum atomic E-state index is 0.165. The van der Waals surface area contributed by atoms with E-state index in [1.54, 1.807) is 0 Å². The van der Waals surface area contributed by atoms with Crippen LogP contribution in [0.2, 0.25) is 0 Å². The van der Waals surface area contributed by atoms with Crippen LogP contribution >= 0.6 is 47.8 Å². The van der Waals surface area contributed by atoms with Crippen LogP contribution in [0.15, 0.2) is 0 Å². The van der Waals surface area contributed by atoms with E-state index in [0.717, 1.165) is 6.42 Å². The van der Waals surface area contributed by atoms with Crippen molar-refractivity contribution >= 4 is 47.8 Å². The van der Waals surface area contributed by atoms with Crippen LogP contribution in [0.3, 0.4) is 0 Å². The summed E-state index contributed by atoms with van der Waals surface area (Å²) in [4.78, 5) is 0.490. The van der Waals surface area contributed by atoms with Crippen molar-refractivity contribution in [2.75, 3.05) is 0 Å². The van der Waals surface area contributed by atoms with Gasteiger partial charge in [-0.15, -0.1) is 0 Å². The Hall–Kier alpha value is 1.44. The van der Waals surface area contributed by atoms with Crippen molar-refractivity contribution in [3.05, 3.63) is 0 Å². The fraction of sp³-hybridized carbons (Fsp3) is 1.00.